The molecule has 0 radical (unpaired) electrons. The second-order valence-electron chi connectivity index (χ2n) is 9.95. The van der Waals surface area contributed by atoms with Crippen molar-refractivity contribution >= 4 is 24.8 Å². The number of benzene rings is 1. The van der Waals surface area contributed by atoms with Gasteiger partial charge in [-0.15, -0.1) is 0 Å². The zero-order valence-electron chi connectivity index (χ0n) is 19.7. The third-order valence-corrected chi connectivity index (χ3v) is 7.66. The van der Waals surface area contributed by atoms with Crippen molar-refractivity contribution in [2.75, 3.05) is 12.3 Å². The quantitative estimate of drug-likeness (QED) is 0.379. The molecule has 0 saturated heterocycles. The van der Waals surface area contributed by atoms with Crippen molar-refractivity contribution in [2.45, 2.75) is 65.6 Å². The molecule has 0 aliphatic carbocycles. The number of anilines is 1. The normalized spacial score (nSPS) is 13.3. The molecule has 0 aliphatic rings. The first-order valence-electron chi connectivity index (χ1n) is 11.1. The fraction of sp³-hybridized carbons (Fsp3) is 0.500. The van der Waals surface area contributed by atoms with Gasteiger partial charge in [-0.25, -0.2) is 4.98 Å². The molecule has 0 saturated carbocycles. The molecular formula is C24H36N4O2Si. The molecule has 0 fully saturated rings. The Labute approximate surface area is 186 Å². The van der Waals surface area contributed by atoms with E-state index in [4.69, 9.17) is 15.5 Å². The van der Waals surface area contributed by atoms with E-state index in [1.54, 1.807) is 22.9 Å². The van der Waals surface area contributed by atoms with Crippen LogP contribution in [0, 0.1) is 5.92 Å². The summed E-state index contributed by atoms with van der Waals surface area (Å²) in [4.78, 5) is 17.5. The van der Waals surface area contributed by atoms with Crippen molar-refractivity contribution in [1.82, 2.24) is 14.1 Å². The summed E-state index contributed by atoms with van der Waals surface area (Å²) in [6.45, 7) is 15.2. The Morgan fingerprint density at radius 2 is 1.87 bits per heavy atom. The molecule has 168 valence electrons. The highest BCUT2D eigenvalue weighted by Crippen LogP contribution is 2.30. The fourth-order valence-electron chi connectivity index (χ4n) is 3.57. The Bertz CT molecular complexity index is 1100. The Hall–Kier alpha value is -2.38. The molecule has 2 aromatic heterocycles. The van der Waals surface area contributed by atoms with Crippen LogP contribution >= 0.6 is 0 Å². The van der Waals surface area contributed by atoms with Gasteiger partial charge in [-0.05, 0) is 41.6 Å². The van der Waals surface area contributed by atoms with Crippen LogP contribution in [-0.4, -0.2) is 28.8 Å². The lowest BCUT2D eigenvalue weighted by molar-refractivity contribution is 0.0877. The van der Waals surface area contributed by atoms with Gasteiger partial charge in [0.2, 0.25) is 0 Å². The summed E-state index contributed by atoms with van der Waals surface area (Å²) in [6, 6.07) is 10.9. The van der Waals surface area contributed by atoms with E-state index in [0.717, 1.165) is 29.5 Å². The number of nitrogen functional groups attached to an aromatic ring is 1. The Morgan fingerprint density at radius 1 is 1.13 bits per heavy atom. The second-order valence-corrected chi connectivity index (χ2v) is 15.6. The van der Waals surface area contributed by atoms with E-state index in [-0.39, 0.29) is 11.2 Å². The van der Waals surface area contributed by atoms with Gasteiger partial charge in [0.25, 0.3) is 5.56 Å². The maximum Gasteiger partial charge on any atom is 0.274 e. The van der Waals surface area contributed by atoms with Crippen LogP contribution in [0.5, 0.6) is 0 Å². The summed E-state index contributed by atoms with van der Waals surface area (Å²) in [5.74, 6) is 1.69. The van der Waals surface area contributed by atoms with Crippen molar-refractivity contribution in [3.63, 3.8) is 0 Å². The number of nitrogens with two attached hydrogens (primary N) is 1. The molecule has 3 aromatic rings. The standard InChI is InChI=1S/C24H36N4O2Si/c1-17(2)18(3)19-9-7-11-21-23(19)26-22(15-27-12-8-10-20(25)24(27)29)28(21)16-30-13-14-31(4,5)6/h7-12,17-18H,13-16,25H2,1-6H3. The first-order valence-corrected chi connectivity index (χ1v) is 14.8. The van der Waals surface area contributed by atoms with Gasteiger partial charge < -0.3 is 19.6 Å². The summed E-state index contributed by atoms with van der Waals surface area (Å²) in [5, 5.41) is 0. The van der Waals surface area contributed by atoms with Crippen LogP contribution in [-0.2, 0) is 18.0 Å². The minimum absolute atomic E-state index is 0.198. The Morgan fingerprint density at radius 3 is 2.55 bits per heavy atom. The molecule has 1 aromatic carbocycles. The predicted octanol–water partition coefficient (Wildman–Crippen LogP) is 4.90. The number of ether oxygens (including phenoxy) is 1. The molecule has 0 amide bonds. The third-order valence-electron chi connectivity index (χ3n) is 5.96. The molecule has 0 aliphatic heterocycles. The van der Waals surface area contributed by atoms with Gasteiger partial charge in [-0.2, -0.15) is 0 Å². The van der Waals surface area contributed by atoms with Crippen LogP contribution < -0.4 is 11.3 Å². The third kappa shape index (κ3) is 5.46. The predicted molar refractivity (Wildman–Crippen MR) is 131 cm³/mol. The molecule has 2 N–H and O–H groups in total. The smallest absolute Gasteiger partial charge is 0.274 e. The number of imidazole rings is 1. The topological polar surface area (TPSA) is 75.1 Å². The summed E-state index contributed by atoms with van der Waals surface area (Å²) >= 11 is 0. The number of rotatable bonds is 9. The number of hydrogen-bond donors (Lipinski definition) is 1. The average Bonchev–Trinajstić information content (AvgIpc) is 3.04. The highest BCUT2D eigenvalue weighted by Gasteiger charge is 2.20. The van der Waals surface area contributed by atoms with E-state index < -0.39 is 8.07 Å². The first-order chi connectivity index (χ1) is 14.6. The van der Waals surface area contributed by atoms with Gasteiger partial charge >= 0.3 is 0 Å². The minimum atomic E-state index is -1.17. The average molecular weight is 441 g/mol. The summed E-state index contributed by atoms with van der Waals surface area (Å²) in [7, 11) is -1.17. The lowest BCUT2D eigenvalue weighted by Crippen LogP contribution is -2.24. The molecule has 1 atom stereocenters. The van der Waals surface area contributed by atoms with Crippen LogP contribution in [0.4, 0.5) is 5.69 Å². The summed E-state index contributed by atoms with van der Waals surface area (Å²) in [5.41, 5.74) is 9.15. The van der Waals surface area contributed by atoms with Gasteiger partial charge in [0.05, 0.1) is 23.3 Å². The van der Waals surface area contributed by atoms with E-state index in [9.17, 15) is 4.79 Å². The van der Waals surface area contributed by atoms with Crippen molar-refractivity contribution in [3.05, 3.63) is 58.3 Å². The highest BCUT2D eigenvalue weighted by molar-refractivity contribution is 6.76. The lowest BCUT2D eigenvalue weighted by atomic mass is 9.89. The summed E-state index contributed by atoms with van der Waals surface area (Å²) < 4.78 is 9.80. The van der Waals surface area contributed by atoms with E-state index in [1.165, 1.54) is 5.56 Å². The maximum absolute atomic E-state index is 12.5. The van der Waals surface area contributed by atoms with E-state index in [1.807, 2.05) is 0 Å². The molecule has 7 heteroatoms. The van der Waals surface area contributed by atoms with Gasteiger partial charge in [0, 0.05) is 20.9 Å². The van der Waals surface area contributed by atoms with Crippen molar-refractivity contribution < 1.29 is 4.74 Å². The van der Waals surface area contributed by atoms with Crippen LogP contribution in [0.15, 0.2) is 41.3 Å². The largest absolute Gasteiger partial charge is 0.394 e. The lowest BCUT2D eigenvalue weighted by Gasteiger charge is -2.17. The number of para-hydroxylation sites is 1. The van der Waals surface area contributed by atoms with E-state index in [0.29, 0.717) is 25.1 Å². The number of nitrogens with zero attached hydrogens (tertiary/aromatic N) is 3. The number of hydrogen-bond acceptors (Lipinski definition) is 4. The molecule has 1 unspecified atom stereocenters. The van der Waals surface area contributed by atoms with Crippen LogP contribution in [0.3, 0.4) is 0 Å². The maximum atomic E-state index is 12.5. The van der Waals surface area contributed by atoms with Crippen LogP contribution in [0.2, 0.25) is 25.7 Å². The van der Waals surface area contributed by atoms with Gasteiger partial charge in [0.15, 0.2) is 0 Å². The molecule has 2 heterocycles. The van der Waals surface area contributed by atoms with Gasteiger partial charge in [0.1, 0.15) is 12.6 Å². The molecule has 31 heavy (non-hydrogen) atoms. The highest BCUT2D eigenvalue weighted by atomic mass is 28.3. The summed E-state index contributed by atoms with van der Waals surface area (Å²) in [6.07, 6.45) is 1.76. The molecule has 0 spiro atoms. The minimum Gasteiger partial charge on any atom is -0.394 e. The van der Waals surface area contributed by atoms with E-state index in [2.05, 4.69) is 63.2 Å². The van der Waals surface area contributed by atoms with Gasteiger partial charge in [-0.3, -0.25) is 4.79 Å². The van der Waals surface area contributed by atoms with Crippen LogP contribution in [0.1, 0.15) is 38.1 Å². The van der Waals surface area contributed by atoms with Crippen molar-refractivity contribution in [2.24, 2.45) is 5.92 Å². The molecular weight excluding hydrogens is 404 g/mol. The monoisotopic (exact) mass is 440 g/mol. The zero-order valence-corrected chi connectivity index (χ0v) is 20.7. The van der Waals surface area contributed by atoms with Crippen molar-refractivity contribution in [3.8, 4) is 0 Å². The Balaban J connectivity index is 2.02. The molecule has 0 bridgehead atoms. The second kappa shape index (κ2) is 9.40. The molecule has 6 nitrogen and oxygen atoms in total. The van der Waals surface area contributed by atoms with Crippen molar-refractivity contribution in [1.29, 1.82) is 0 Å². The van der Waals surface area contributed by atoms with Crippen LogP contribution in [0.25, 0.3) is 11.0 Å². The fourth-order valence-corrected chi connectivity index (χ4v) is 4.33. The molecule has 3 rings (SSSR count). The number of aromatic nitrogens is 3. The first kappa shape index (κ1) is 23.3. The number of fused-ring (bicyclic) bond motifs is 1. The Kier molecular flexibility index (Phi) is 7.06. The SMILES string of the molecule is CC(C)C(C)c1cccc2c1nc(Cn1cccc(N)c1=O)n2COCC[Si](C)(C)C. The van der Waals surface area contributed by atoms with Gasteiger partial charge in [-0.1, -0.05) is 52.5 Å². The van der Waals surface area contributed by atoms with E-state index >= 15 is 0 Å². The number of pyridine rings is 1. The zero-order chi connectivity index (χ0) is 22.8.